The molecule has 1 saturated heterocycles. The third-order valence-corrected chi connectivity index (χ3v) is 6.69. The number of aromatic nitrogens is 3. The van der Waals surface area contributed by atoms with Gasteiger partial charge in [-0.1, -0.05) is 6.07 Å². The van der Waals surface area contributed by atoms with Gasteiger partial charge in [-0.3, -0.25) is 14.6 Å². The number of likely N-dealkylation sites (tertiary alicyclic amines) is 1. The lowest BCUT2D eigenvalue weighted by atomic mass is 10.0. The molecular formula is C19H29N5O2S. The molecule has 0 aromatic carbocycles. The van der Waals surface area contributed by atoms with Gasteiger partial charge in [-0.2, -0.15) is 9.40 Å². The molecule has 148 valence electrons. The van der Waals surface area contributed by atoms with Crippen LogP contribution in [-0.4, -0.2) is 57.8 Å². The van der Waals surface area contributed by atoms with E-state index in [1.165, 1.54) is 17.5 Å². The Morgan fingerprint density at radius 3 is 2.70 bits per heavy atom. The van der Waals surface area contributed by atoms with Gasteiger partial charge in [-0.15, -0.1) is 0 Å². The Balaban J connectivity index is 1.76. The molecule has 0 amide bonds. The first-order valence-corrected chi connectivity index (χ1v) is 11.2. The van der Waals surface area contributed by atoms with E-state index in [1.54, 1.807) is 16.7 Å². The van der Waals surface area contributed by atoms with Crippen LogP contribution < -0.4 is 0 Å². The number of nitrogens with zero attached hydrogens (tertiary/aromatic N) is 5. The molecular weight excluding hydrogens is 362 g/mol. The Hall–Kier alpha value is -1.77. The second kappa shape index (κ2) is 8.08. The summed E-state index contributed by atoms with van der Waals surface area (Å²) in [6, 6.07) is 3.75. The quantitative estimate of drug-likeness (QED) is 0.752. The van der Waals surface area contributed by atoms with E-state index in [1.807, 2.05) is 30.8 Å². The summed E-state index contributed by atoms with van der Waals surface area (Å²) in [5.41, 5.74) is 4.38. The number of hydrogen-bond donors (Lipinski definition) is 0. The first-order chi connectivity index (χ1) is 12.8. The van der Waals surface area contributed by atoms with Gasteiger partial charge in [0.05, 0.1) is 11.9 Å². The van der Waals surface area contributed by atoms with E-state index >= 15 is 0 Å². The van der Waals surface area contributed by atoms with Crippen LogP contribution in [0.3, 0.4) is 0 Å². The molecule has 0 saturated carbocycles. The van der Waals surface area contributed by atoms with Crippen molar-refractivity contribution in [3.63, 3.8) is 0 Å². The van der Waals surface area contributed by atoms with Crippen LogP contribution in [0.4, 0.5) is 0 Å². The molecule has 8 heteroatoms. The number of rotatable bonds is 6. The van der Waals surface area contributed by atoms with Gasteiger partial charge in [0.15, 0.2) is 0 Å². The zero-order valence-corrected chi connectivity index (χ0v) is 17.4. The lowest BCUT2D eigenvalue weighted by Gasteiger charge is -2.38. The van der Waals surface area contributed by atoms with Crippen LogP contribution in [0.25, 0.3) is 0 Å². The van der Waals surface area contributed by atoms with Gasteiger partial charge in [0.25, 0.3) is 0 Å². The molecule has 1 aliphatic heterocycles. The zero-order chi connectivity index (χ0) is 19.6. The topological polar surface area (TPSA) is 71.3 Å². The van der Waals surface area contributed by atoms with Gasteiger partial charge < -0.3 is 0 Å². The molecule has 1 fully saturated rings. The van der Waals surface area contributed by atoms with Crippen LogP contribution in [0.5, 0.6) is 0 Å². The number of pyridine rings is 1. The minimum Gasteiger partial charge on any atom is -0.297 e. The van der Waals surface area contributed by atoms with E-state index in [4.69, 9.17) is 0 Å². The summed E-state index contributed by atoms with van der Waals surface area (Å²) in [7, 11) is -1.35. The first kappa shape index (κ1) is 20.0. The monoisotopic (exact) mass is 391 g/mol. The summed E-state index contributed by atoms with van der Waals surface area (Å²) >= 11 is 0. The van der Waals surface area contributed by atoms with Crippen molar-refractivity contribution < 1.29 is 8.42 Å². The predicted octanol–water partition coefficient (Wildman–Crippen LogP) is 1.86. The number of aryl methyl sites for hydroxylation is 2. The Bertz CT molecular complexity index is 879. The van der Waals surface area contributed by atoms with Crippen molar-refractivity contribution in [2.24, 2.45) is 7.05 Å². The molecule has 27 heavy (non-hydrogen) atoms. The molecule has 1 aliphatic rings. The molecule has 3 rings (SSSR count). The highest BCUT2D eigenvalue weighted by atomic mass is 32.2. The summed E-state index contributed by atoms with van der Waals surface area (Å²) in [4.78, 5) is 6.47. The molecule has 0 radical (unpaired) electrons. The fourth-order valence-electron chi connectivity index (χ4n) is 3.87. The Morgan fingerprint density at radius 2 is 2.11 bits per heavy atom. The number of sulfonamides is 1. The Morgan fingerprint density at radius 1 is 1.33 bits per heavy atom. The van der Waals surface area contributed by atoms with E-state index in [0.29, 0.717) is 6.54 Å². The van der Waals surface area contributed by atoms with Crippen LogP contribution in [-0.2, 0) is 30.2 Å². The van der Waals surface area contributed by atoms with Gasteiger partial charge in [-0.05, 0) is 44.9 Å². The zero-order valence-electron chi connectivity index (χ0n) is 16.6. The standard InChI is InChI=1S/C19H29N5O2S/c1-15-19(16(2)22(3)21-15)14-23-10-6-8-18(13-23)24(27(4,25)26)12-17-7-5-9-20-11-17/h5,7,9,11,18H,6,8,10,12-14H2,1-4H3. The predicted molar refractivity (Wildman–Crippen MR) is 106 cm³/mol. The van der Waals surface area contributed by atoms with Gasteiger partial charge in [-0.25, -0.2) is 8.42 Å². The lowest BCUT2D eigenvalue weighted by Crippen LogP contribution is -2.49. The largest absolute Gasteiger partial charge is 0.297 e. The Kier molecular flexibility index (Phi) is 5.98. The van der Waals surface area contributed by atoms with Crippen molar-refractivity contribution in [1.29, 1.82) is 0 Å². The maximum absolute atomic E-state index is 12.5. The van der Waals surface area contributed by atoms with Crippen LogP contribution in [0, 0.1) is 13.8 Å². The highest BCUT2D eigenvalue weighted by molar-refractivity contribution is 7.88. The number of hydrogen-bond acceptors (Lipinski definition) is 5. The van der Waals surface area contributed by atoms with Crippen LogP contribution in [0.1, 0.15) is 35.4 Å². The van der Waals surface area contributed by atoms with E-state index in [0.717, 1.165) is 43.7 Å². The molecule has 0 aliphatic carbocycles. The minimum atomic E-state index is -3.31. The second-order valence-corrected chi connectivity index (χ2v) is 9.41. The van der Waals surface area contributed by atoms with Crippen LogP contribution in [0.15, 0.2) is 24.5 Å². The van der Waals surface area contributed by atoms with E-state index in [9.17, 15) is 8.42 Å². The Labute approximate surface area is 162 Å². The molecule has 0 spiro atoms. The van der Waals surface area contributed by atoms with Crippen molar-refractivity contribution in [2.45, 2.75) is 45.8 Å². The maximum atomic E-state index is 12.5. The molecule has 1 unspecified atom stereocenters. The molecule has 2 aromatic rings. The normalized spacial score (nSPS) is 18.9. The fourth-order valence-corrected chi connectivity index (χ4v) is 4.97. The summed E-state index contributed by atoms with van der Waals surface area (Å²) < 4.78 is 28.5. The van der Waals surface area contributed by atoms with Crippen LogP contribution in [0.2, 0.25) is 0 Å². The SMILES string of the molecule is Cc1nn(C)c(C)c1CN1CCCC(N(Cc2cccnc2)S(C)(=O)=O)C1. The average Bonchev–Trinajstić information content (AvgIpc) is 2.86. The van der Waals surface area contributed by atoms with Crippen molar-refractivity contribution in [3.05, 3.63) is 47.0 Å². The molecule has 2 aromatic heterocycles. The highest BCUT2D eigenvalue weighted by Gasteiger charge is 2.31. The summed E-state index contributed by atoms with van der Waals surface area (Å²) in [6.07, 6.45) is 6.62. The highest BCUT2D eigenvalue weighted by Crippen LogP contribution is 2.23. The molecule has 0 bridgehead atoms. The second-order valence-electron chi connectivity index (χ2n) is 7.47. The average molecular weight is 392 g/mol. The molecule has 1 atom stereocenters. The smallest absolute Gasteiger partial charge is 0.211 e. The molecule has 0 N–H and O–H groups in total. The third kappa shape index (κ3) is 4.75. The summed E-state index contributed by atoms with van der Waals surface area (Å²) in [5, 5.41) is 4.50. The van der Waals surface area contributed by atoms with Crippen molar-refractivity contribution in [3.8, 4) is 0 Å². The van der Waals surface area contributed by atoms with Gasteiger partial charge in [0.1, 0.15) is 0 Å². The van der Waals surface area contributed by atoms with E-state index in [-0.39, 0.29) is 6.04 Å². The maximum Gasteiger partial charge on any atom is 0.211 e. The first-order valence-electron chi connectivity index (χ1n) is 9.33. The van der Waals surface area contributed by atoms with Crippen molar-refractivity contribution >= 4 is 10.0 Å². The third-order valence-electron chi connectivity index (χ3n) is 5.42. The fraction of sp³-hybridized carbons (Fsp3) is 0.579. The minimum absolute atomic E-state index is 0.0220. The van der Waals surface area contributed by atoms with Crippen molar-refractivity contribution in [1.82, 2.24) is 24.0 Å². The van der Waals surface area contributed by atoms with Gasteiger partial charge in [0, 0.05) is 56.4 Å². The van der Waals surface area contributed by atoms with E-state index < -0.39 is 10.0 Å². The van der Waals surface area contributed by atoms with Crippen LogP contribution >= 0.6 is 0 Å². The van der Waals surface area contributed by atoms with E-state index in [2.05, 4.69) is 21.9 Å². The molecule has 3 heterocycles. The molecule has 7 nitrogen and oxygen atoms in total. The number of piperidine rings is 1. The summed E-state index contributed by atoms with van der Waals surface area (Å²) in [6.45, 7) is 7.02. The lowest BCUT2D eigenvalue weighted by molar-refractivity contribution is 0.139. The van der Waals surface area contributed by atoms with Gasteiger partial charge >= 0.3 is 0 Å². The summed E-state index contributed by atoms with van der Waals surface area (Å²) in [5.74, 6) is 0. The van der Waals surface area contributed by atoms with Gasteiger partial charge in [0.2, 0.25) is 10.0 Å². The van der Waals surface area contributed by atoms with Crippen molar-refractivity contribution in [2.75, 3.05) is 19.3 Å².